The lowest BCUT2D eigenvalue weighted by Crippen LogP contribution is -2.35. The number of aliphatic hydroxyl groups excluding tert-OH is 1. The van der Waals surface area contributed by atoms with Crippen molar-refractivity contribution in [1.82, 2.24) is 15.5 Å². The molecule has 1 aliphatic rings. The number of hydrogen-bond acceptors (Lipinski definition) is 4. The topological polar surface area (TPSA) is 90.0 Å². The Kier molecular flexibility index (Phi) is 5.08. The number of fused-ring (bicyclic) bond motifs is 1. The van der Waals surface area contributed by atoms with E-state index in [1.54, 1.807) is 12.2 Å². The molecule has 150 valence electrons. The molecule has 1 fully saturated rings. The monoisotopic (exact) mass is 402 g/mol. The fourth-order valence-electron chi connectivity index (χ4n) is 3.21. The molecule has 1 aromatic heterocycles. The second kappa shape index (κ2) is 7.69. The van der Waals surface area contributed by atoms with Gasteiger partial charge in [0, 0.05) is 18.0 Å². The molecule has 9 heteroatoms. The highest BCUT2D eigenvalue weighted by Gasteiger charge is 2.28. The van der Waals surface area contributed by atoms with Gasteiger partial charge in [-0.05, 0) is 36.3 Å². The maximum atomic E-state index is 14.4. The van der Waals surface area contributed by atoms with Crippen molar-refractivity contribution in [2.45, 2.75) is 18.6 Å². The zero-order valence-corrected chi connectivity index (χ0v) is 15.0. The first-order valence-electron chi connectivity index (χ1n) is 8.94. The summed E-state index contributed by atoms with van der Waals surface area (Å²) in [6.07, 6.45) is 2.76. The lowest BCUT2D eigenvalue weighted by atomic mass is 10.1. The Morgan fingerprint density at radius 2 is 1.97 bits per heavy atom. The summed E-state index contributed by atoms with van der Waals surface area (Å²) in [5.74, 6) is -2.98. The van der Waals surface area contributed by atoms with Crippen molar-refractivity contribution in [3.63, 3.8) is 0 Å². The maximum absolute atomic E-state index is 14.4. The van der Waals surface area contributed by atoms with E-state index in [9.17, 15) is 23.1 Å². The summed E-state index contributed by atoms with van der Waals surface area (Å²) in [5.41, 5.74) is 1.27. The van der Waals surface area contributed by atoms with Crippen molar-refractivity contribution in [2.75, 3.05) is 11.9 Å². The summed E-state index contributed by atoms with van der Waals surface area (Å²) in [5, 5.41) is 22.2. The van der Waals surface area contributed by atoms with Crippen LogP contribution in [0.4, 0.5) is 18.9 Å². The summed E-state index contributed by atoms with van der Waals surface area (Å²) >= 11 is 0. The standard InChI is InChI=1S/C20H17F3N4O2/c21-13-3-1-10(5-14(13)22)2-4-16-12-7-18(15(23)8-17(12)27-26-16)25-20(29)19-6-11(28)9-24-19/h1-5,7-8,11,19,24,28H,6,9H2,(H,25,29)(H,26,27)/b4-2+/t11-,19+/m1/s1. The molecule has 0 unspecified atom stereocenters. The highest BCUT2D eigenvalue weighted by molar-refractivity contribution is 5.98. The second-order valence-electron chi connectivity index (χ2n) is 6.83. The number of carbonyl (C=O) groups is 1. The Balaban J connectivity index is 1.59. The summed E-state index contributed by atoms with van der Waals surface area (Å²) < 4.78 is 40.7. The number of anilines is 1. The van der Waals surface area contributed by atoms with Crippen LogP contribution in [0.1, 0.15) is 17.7 Å². The molecule has 2 aromatic carbocycles. The van der Waals surface area contributed by atoms with Crippen LogP contribution >= 0.6 is 0 Å². The van der Waals surface area contributed by atoms with E-state index in [0.29, 0.717) is 28.7 Å². The number of aliphatic hydroxyl groups is 1. The highest BCUT2D eigenvalue weighted by Crippen LogP contribution is 2.26. The van der Waals surface area contributed by atoms with Gasteiger partial charge in [0.05, 0.1) is 29.0 Å². The minimum absolute atomic E-state index is 0.0189. The van der Waals surface area contributed by atoms with Crippen molar-refractivity contribution >= 4 is 34.6 Å². The third-order valence-corrected chi connectivity index (χ3v) is 4.74. The Labute approximate surface area is 163 Å². The number of aromatic nitrogens is 2. The van der Waals surface area contributed by atoms with Gasteiger partial charge in [0.1, 0.15) is 5.82 Å². The first-order chi connectivity index (χ1) is 13.9. The van der Waals surface area contributed by atoms with Crippen LogP contribution in [-0.4, -0.2) is 39.9 Å². The van der Waals surface area contributed by atoms with Gasteiger partial charge in [0.25, 0.3) is 0 Å². The molecular formula is C20H17F3N4O2. The van der Waals surface area contributed by atoms with Gasteiger partial charge in [-0.15, -0.1) is 0 Å². The van der Waals surface area contributed by atoms with Crippen LogP contribution in [0, 0.1) is 17.5 Å². The zero-order chi connectivity index (χ0) is 20.5. The Hall–Kier alpha value is -3.17. The van der Waals surface area contributed by atoms with Crippen LogP contribution in [0.3, 0.4) is 0 Å². The molecule has 0 bridgehead atoms. The average molecular weight is 402 g/mol. The fraction of sp³-hybridized carbons (Fsp3) is 0.200. The number of β-amino-alcohol motifs (C(OH)–C–C–N with tert-alkyl or cyclic N) is 1. The molecule has 4 rings (SSSR count). The van der Waals surface area contributed by atoms with Gasteiger partial charge in [-0.25, -0.2) is 13.2 Å². The molecule has 3 aromatic rings. The number of aromatic amines is 1. The van der Waals surface area contributed by atoms with Crippen molar-refractivity contribution in [3.8, 4) is 0 Å². The van der Waals surface area contributed by atoms with Crippen LogP contribution in [0.25, 0.3) is 23.1 Å². The predicted molar refractivity (Wildman–Crippen MR) is 102 cm³/mol. The van der Waals surface area contributed by atoms with Crippen molar-refractivity contribution in [3.05, 3.63) is 59.0 Å². The Bertz CT molecular complexity index is 1110. The molecular weight excluding hydrogens is 385 g/mol. The van der Waals surface area contributed by atoms with Crippen LogP contribution in [0.5, 0.6) is 0 Å². The largest absolute Gasteiger partial charge is 0.392 e. The molecule has 1 amide bonds. The molecule has 6 nitrogen and oxygen atoms in total. The van der Waals surface area contributed by atoms with Gasteiger partial charge in [-0.1, -0.05) is 12.1 Å². The Morgan fingerprint density at radius 3 is 2.69 bits per heavy atom. The summed E-state index contributed by atoms with van der Waals surface area (Å²) in [7, 11) is 0. The Morgan fingerprint density at radius 1 is 1.14 bits per heavy atom. The van der Waals surface area contributed by atoms with Crippen molar-refractivity contribution in [1.29, 1.82) is 0 Å². The molecule has 2 heterocycles. The number of carbonyl (C=O) groups excluding carboxylic acids is 1. The van der Waals surface area contributed by atoms with Gasteiger partial charge in [0.15, 0.2) is 11.6 Å². The van der Waals surface area contributed by atoms with E-state index < -0.39 is 35.5 Å². The molecule has 4 N–H and O–H groups in total. The molecule has 0 spiro atoms. The summed E-state index contributed by atoms with van der Waals surface area (Å²) in [4.78, 5) is 12.3. The zero-order valence-electron chi connectivity index (χ0n) is 15.0. The first-order valence-corrected chi connectivity index (χ1v) is 8.94. The summed E-state index contributed by atoms with van der Waals surface area (Å²) in [6.45, 7) is 0.306. The van der Waals surface area contributed by atoms with Crippen molar-refractivity contribution < 1.29 is 23.1 Å². The normalized spacial score (nSPS) is 19.3. The van der Waals surface area contributed by atoms with E-state index in [1.807, 2.05) is 0 Å². The van der Waals surface area contributed by atoms with E-state index in [4.69, 9.17) is 0 Å². The highest BCUT2D eigenvalue weighted by atomic mass is 19.2. The lowest BCUT2D eigenvalue weighted by molar-refractivity contribution is -0.118. The van der Waals surface area contributed by atoms with Gasteiger partial charge in [-0.2, -0.15) is 5.10 Å². The number of hydrogen-bond donors (Lipinski definition) is 4. The minimum atomic E-state index is -0.961. The minimum Gasteiger partial charge on any atom is -0.392 e. The number of nitrogens with zero attached hydrogens (tertiary/aromatic N) is 1. The molecule has 0 radical (unpaired) electrons. The van der Waals surface area contributed by atoms with Gasteiger partial charge < -0.3 is 15.7 Å². The van der Waals surface area contributed by atoms with E-state index in [1.165, 1.54) is 18.2 Å². The number of amides is 1. The van der Waals surface area contributed by atoms with E-state index >= 15 is 0 Å². The number of rotatable bonds is 4. The molecule has 0 aliphatic carbocycles. The van der Waals surface area contributed by atoms with Crippen LogP contribution < -0.4 is 10.6 Å². The average Bonchev–Trinajstić information content (AvgIpc) is 3.29. The van der Waals surface area contributed by atoms with E-state index in [2.05, 4.69) is 20.8 Å². The smallest absolute Gasteiger partial charge is 0.241 e. The quantitative estimate of drug-likeness (QED) is 0.540. The molecule has 1 aliphatic heterocycles. The van der Waals surface area contributed by atoms with E-state index in [0.717, 1.165) is 12.1 Å². The maximum Gasteiger partial charge on any atom is 0.241 e. The lowest BCUT2D eigenvalue weighted by Gasteiger charge is -2.12. The second-order valence-corrected chi connectivity index (χ2v) is 6.83. The molecule has 2 atom stereocenters. The molecule has 1 saturated heterocycles. The summed E-state index contributed by atoms with van der Waals surface area (Å²) in [6, 6.07) is 5.55. The number of halogens is 3. The van der Waals surface area contributed by atoms with Crippen LogP contribution in [0.15, 0.2) is 30.3 Å². The molecule has 0 saturated carbocycles. The third-order valence-electron chi connectivity index (χ3n) is 4.74. The van der Waals surface area contributed by atoms with E-state index in [-0.39, 0.29) is 12.1 Å². The number of nitrogens with one attached hydrogen (secondary N) is 3. The number of benzene rings is 2. The fourth-order valence-corrected chi connectivity index (χ4v) is 3.21. The number of H-pyrrole nitrogens is 1. The van der Waals surface area contributed by atoms with Gasteiger partial charge >= 0.3 is 0 Å². The van der Waals surface area contributed by atoms with Gasteiger partial charge in [-0.3, -0.25) is 9.89 Å². The van der Waals surface area contributed by atoms with Crippen LogP contribution in [0.2, 0.25) is 0 Å². The first kappa shape index (κ1) is 19.2. The SMILES string of the molecule is O=C(Nc1cc2c(/C=C/c3ccc(F)c(F)c3)n[nH]c2cc1F)[C@@H]1C[C@@H](O)CN1. The third kappa shape index (κ3) is 4.01. The van der Waals surface area contributed by atoms with Gasteiger partial charge in [0.2, 0.25) is 5.91 Å². The van der Waals surface area contributed by atoms with Crippen molar-refractivity contribution in [2.24, 2.45) is 0 Å². The molecule has 29 heavy (non-hydrogen) atoms. The predicted octanol–water partition coefficient (Wildman–Crippen LogP) is 2.81. The van der Waals surface area contributed by atoms with Crippen LogP contribution in [-0.2, 0) is 4.79 Å².